The van der Waals surface area contributed by atoms with E-state index in [4.69, 9.17) is 11.6 Å². The third-order valence-corrected chi connectivity index (χ3v) is 9.39. The highest BCUT2D eigenvalue weighted by molar-refractivity contribution is 6.30. The molecule has 164 valence electrons. The molecule has 3 saturated carbocycles. The van der Waals surface area contributed by atoms with E-state index in [2.05, 4.69) is 32.6 Å². The molecule has 3 aliphatic carbocycles. The predicted octanol–water partition coefficient (Wildman–Crippen LogP) is 6.65. The van der Waals surface area contributed by atoms with Gasteiger partial charge < -0.3 is 10.2 Å². The maximum Gasteiger partial charge on any atom is 0.0610 e. The molecular weight excluding hydrogens is 392 g/mol. The van der Waals surface area contributed by atoms with Crippen LogP contribution in [0.1, 0.15) is 70.8 Å². The van der Waals surface area contributed by atoms with Gasteiger partial charge in [-0.2, -0.15) is 0 Å². The van der Waals surface area contributed by atoms with E-state index in [1.54, 1.807) is 0 Å². The lowest BCUT2D eigenvalue weighted by molar-refractivity contribution is -0.118. The molecule has 3 aliphatic rings. The first-order valence-electron chi connectivity index (χ1n) is 11.7. The molecule has 0 amide bonds. The molecule has 7 atom stereocenters. The Balaban J connectivity index is 1.52. The molecule has 3 heteroatoms. The number of halogens is 1. The number of hydrogen-bond acceptors (Lipinski definition) is 2. The summed E-state index contributed by atoms with van der Waals surface area (Å²) in [6.45, 7) is 9.05. The Morgan fingerprint density at radius 1 is 1.07 bits per heavy atom. The molecule has 2 unspecified atom stereocenters. The first-order chi connectivity index (χ1) is 14.2. The summed E-state index contributed by atoms with van der Waals surface area (Å²) in [4.78, 5) is 0. The monoisotopic (exact) mass is 428 g/mol. The third kappa shape index (κ3) is 3.92. The van der Waals surface area contributed by atoms with Crippen molar-refractivity contribution in [2.75, 3.05) is 0 Å². The molecule has 2 N–H and O–H groups in total. The van der Waals surface area contributed by atoms with Crippen LogP contribution in [0.25, 0.3) is 6.08 Å². The zero-order valence-electron chi connectivity index (χ0n) is 18.5. The second-order valence-electron chi connectivity index (χ2n) is 10.6. The Labute approximate surface area is 187 Å². The third-order valence-electron chi connectivity index (χ3n) is 9.14. The maximum absolute atomic E-state index is 11.5. The number of rotatable bonds is 4. The van der Waals surface area contributed by atoms with Crippen LogP contribution in [0, 0.1) is 28.6 Å². The van der Waals surface area contributed by atoms with Crippen molar-refractivity contribution in [1.82, 2.24) is 0 Å². The second kappa shape index (κ2) is 8.45. The van der Waals surface area contributed by atoms with Gasteiger partial charge in [-0.3, -0.25) is 0 Å². The van der Waals surface area contributed by atoms with Gasteiger partial charge in [0, 0.05) is 5.02 Å². The number of benzene rings is 1. The van der Waals surface area contributed by atoms with Gasteiger partial charge in [0.15, 0.2) is 0 Å². The Bertz CT molecular complexity index is 800. The van der Waals surface area contributed by atoms with Crippen molar-refractivity contribution in [3.63, 3.8) is 0 Å². The summed E-state index contributed by atoms with van der Waals surface area (Å²) in [5.41, 5.74) is 2.67. The summed E-state index contributed by atoms with van der Waals surface area (Å²) < 4.78 is 0. The predicted molar refractivity (Wildman–Crippen MR) is 125 cm³/mol. The van der Waals surface area contributed by atoms with Crippen LogP contribution in [0.3, 0.4) is 0 Å². The van der Waals surface area contributed by atoms with E-state index in [1.165, 1.54) is 5.57 Å². The van der Waals surface area contributed by atoms with Gasteiger partial charge in [-0.15, -0.1) is 0 Å². The van der Waals surface area contributed by atoms with Crippen LogP contribution >= 0.6 is 11.6 Å². The summed E-state index contributed by atoms with van der Waals surface area (Å²) in [6.07, 6.45) is 11.9. The Morgan fingerprint density at radius 3 is 2.53 bits per heavy atom. The zero-order valence-corrected chi connectivity index (χ0v) is 19.2. The Kier molecular flexibility index (Phi) is 6.23. The summed E-state index contributed by atoms with van der Waals surface area (Å²) in [7, 11) is 0. The van der Waals surface area contributed by atoms with Crippen molar-refractivity contribution < 1.29 is 10.2 Å². The van der Waals surface area contributed by atoms with E-state index in [0.717, 1.165) is 62.0 Å². The quantitative estimate of drug-likeness (QED) is 0.526. The van der Waals surface area contributed by atoms with E-state index >= 15 is 0 Å². The molecule has 0 aromatic heterocycles. The van der Waals surface area contributed by atoms with Crippen LogP contribution in [-0.2, 0) is 0 Å². The molecule has 0 spiro atoms. The first-order valence-corrected chi connectivity index (χ1v) is 12.1. The molecule has 4 rings (SSSR count). The lowest BCUT2D eigenvalue weighted by Crippen LogP contribution is -2.52. The second-order valence-corrected chi connectivity index (χ2v) is 11.1. The SMILES string of the molecule is C=C1CCC2[C@H](O)C([C@@]3(C)CC[C@H](O)C[C@@H]3CC=Cc3ccc(Cl)cc3)CC[C@]12C. The molecule has 0 aliphatic heterocycles. The normalized spacial score (nSPS) is 41.9. The van der Waals surface area contributed by atoms with Gasteiger partial charge in [-0.1, -0.05) is 61.9 Å². The number of aliphatic hydroxyl groups is 2. The fourth-order valence-electron chi connectivity index (χ4n) is 6.93. The van der Waals surface area contributed by atoms with Crippen molar-refractivity contribution in [2.45, 2.75) is 77.4 Å². The average molecular weight is 429 g/mol. The largest absolute Gasteiger partial charge is 0.393 e. The van der Waals surface area contributed by atoms with Gasteiger partial charge in [0.1, 0.15) is 0 Å². The highest BCUT2D eigenvalue weighted by Crippen LogP contribution is 2.61. The molecule has 2 nitrogen and oxygen atoms in total. The first kappa shape index (κ1) is 22.1. The van der Waals surface area contributed by atoms with Gasteiger partial charge in [0.05, 0.1) is 12.2 Å². The van der Waals surface area contributed by atoms with Crippen LogP contribution in [0.2, 0.25) is 5.02 Å². The van der Waals surface area contributed by atoms with Gasteiger partial charge in [-0.25, -0.2) is 0 Å². The minimum absolute atomic E-state index is 0.0637. The van der Waals surface area contributed by atoms with E-state index in [1.807, 2.05) is 24.3 Å². The maximum atomic E-state index is 11.5. The molecule has 1 aromatic carbocycles. The summed E-state index contributed by atoms with van der Waals surface area (Å²) in [6, 6.07) is 7.90. The molecule has 3 fully saturated rings. The van der Waals surface area contributed by atoms with Crippen LogP contribution in [-0.4, -0.2) is 22.4 Å². The zero-order chi connectivity index (χ0) is 21.5. The Hall–Kier alpha value is -1.09. The molecule has 0 heterocycles. The number of allylic oxidation sites excluding steroid dienone is 2. The Morgan fingerprint density at radius 2 is 1.80 bits per heavy atom. The number of hydrogen-bond donors (Lipinski definition) is 2. The van der Waals surface area contributed by atoms with Crippen molar-refractivity contribution in [2.24, 2.45) is 28.6 Å². The lowest BCUT2D eigenvalue weighted by atomic mass is 9.51. The van der Waals surface area contributed by atoms with Gasteiger partial charge in [-0.05, 0) is 97.6 Å². The van der Waals surface area contributed by atoms with Crippen LogP contribution < -0.4 is 0 Å². The fraction of sp³-hybridized carbons (Fsp3) is 0.630. The topological polar surface area (TPSA) is 40.5 Å². The molecule has 0 radical (unpaired) electrons. The van der Waals surface area contributed by atoms with E-state index in [0.29, 0.717) is 17.8 Å². The van der Waals surface area contributed by atoms with Crippen molar-refractivity contribution in [1.29, 1.82) is 0 Å². The van der Waals surface area contributed by atoms with Crippen molar-refractivity contribution in [3.8, 4) is 0 Å². The molecular formula is C27H37ClO2. The molecule has 0 bridgehead atoms. The van der Waals surface area contributed by atoms with Crippen molar-refractivity contribution in [3.05, 3.63) is 53.1 Å². The summed E-state index contributed by atoms with van der Waals surface area (Å²) in [5.74, 6) is 1.04. The summed E-state index contributed by atoms with van der Waals surface area (Å²) >= 11 is 6.00. The van der Waals surface area contributed by atoms with E-state index < -0.39 is 0 Å². The van der Waals surface area contributed by atoms with E-state index in [-0.39, 0.29) is 23.0 Å². The highest BCUT2D eigenvalue weighted by Gasteiger charge is 2.56. The average Bonchev–Trinajstić information content (AvgIpc) is 3.02. The van der Waals surface area contributed by atoms with Crippen molar-refractivity contribution >= 4 is 17.7 Å². The molecule has 0 saturated heterocycles. The van der Waals surface area contributed by atoms with Crippen LogP contribution in [0.5, 0.6) is 0 Å². The number of aliphatic hydroxyl groups excluding tert-OH is 2. The standard InChI is InChI=1S/C27H37ClO2/c1-18-7-12-23-25(30)24(14-16-26(18,23)2)27(3)15-13-22(29)17-20(27)6-4-5-19-8-10-21(28)11-9-19/h4-5,8-11,20,22-25,29-30H,1,6-7,12-17H2,2-3H3/t20-,22-,23?,24?,25-,26+,27-/m0/s1. The minimum atomic E-state index is -0.258. The van der Waals surface area contributed by atoms with Gasteiger partial charge >= 0.3 is 0 Å². The number of fused-ring (bicyclic) bond motifs is 1. The molecule has 1 aromatic rings. The highest BCUT2D eigenvalue weighted by atomic mass is 35.5. The van der Waals surface area contributed by atoms with Crippen LogP contribution in [0.15, 0.2) is 42.5 Å². The summed E-state index contributed by atoms with van der Waals surface area (Å²) in [5, 5.41) is 22.7. The smallest absolute Gasteiger partial charge is 0.0610 e. The fourth-order valence-corrected chi connectivity index (χ4v) is 7.05. The van der Waals surface area contributed by atoms with Gasteiger partial charge in [0.2, 0.25) is 0 Å². The lowest BCUT2D eigenvalue weighted by Gasteiger charge is -2.55. The minimum Gasteiger partial charge on any atom is -0.393 e. The molecule has 30 heavy (non-hydrogen) atoms. The van der Waals surface area contributed by atoms with E-state index in [9.17, 15) is 10.2 Å². The van der Waals surface area contributed by atoms with Gasteiger partial charge in [0.25, 0.3) is 0 Å². The van der Waals surface area contributed by atoms with Crippen LogP contribution in [0.4, 0.5) is 0 Å².